The molecule has 0 heterocycles. The van der Waals surface area contributed by atoms with Gasteiger partial charge in [0.25, 0.3) is 0 Å². The van der Waals surface area contributed by atoms with Crippen LogP contribution in [0.2, 0.25) is 0 Å². The smallest absolute Gasteiger partial charge is 0.0958 e. The van der Waals surface area contributed by atoms with Crippen molar-refractivity contribution >= 4 is 5.69 Å². The first-order valence-electron chi connectivity index (χ1n) is 9.33. The number of aliphatic hydroxyl groups is 1. The van der Waals surface area contributed by atoms with Crippen LogP contribution in [0.3, 0.4) is 0 Å². The molecule has 4 aliphatic rings. The second-order valence-electron chi connectivity index (χ2n) is 8.26. The molecule has 4 bridgehead atoms. The van der Waals surface area contributed by atoms with Crippen LogP contribution in [0.5, 0.6) is 0 Å². The minimum absolute atomic E-state index is 0.417. The second-order valence-corrected chi connectivity index (χ2v) is 8.26. The van der Waals surface area contributed by atoms with Gasteiger partial charge in [0.2, 0.25) is 0 Å². The fraction of sp³-hybridized carbons (Fsp3) is 0.455. The van der Waals surface area contributed by atoms with E-state index in [0.717, 1.165) is 34.2 Å². The summed E-state index contributed by atoms with van der Waals surface area (Å²) in [6.07, 6.45) is 6.19. The van der Waals surface area contributed by atoms with Gasteiger partial charge in [0.15, 0.2) is 0 Å². The highest BCUT2D eigenvalue weighted by molar-refractivity contribution is 5.79. The zero-order chi connectivity index (χ0) is 16.3. The number of anilines is 1. The molecule has 3 N–H and O–H groups in total. The van der Waals surface area contributed by atoms with Gasteiger partial charge in [0.05, 0.1) is 5.60 Å². The first-order chi connectivity index (χ1) is 11.7. The molecule has 2 heteroatoms. The lowest BCUT2D eigenvalue weighted by Gasteiger charge is -2.59. The third kappa shape index (κ3) is 1.92. The molecule has 0 spiro atoms. The maximum atomic E-state index is 12.0. The molecule has 0 amide bonds. The summed E-state index contributed by atoms with van der Waals surface area (Å²) in [5, 5.41) is 12.0. The highest BCUT2D eigenvalue weighted by Crippen LogP contribution is 2.62. The Bertz CT molecular complexity index is 753. The van der Waals surface area contributed by atoms with E-state index in [1.165, 1.54) is 32.1 Å². The average molecular weight is 319 g/mol. The molecular formula is C22H25NO. The second kappa shape index (κ2) is 5.10. The van der Waals surface area contributed by atoms with Gasteiger partial charge in [-0.3, -0.25) is 0 Å². The highest BCUT2D eigenvalue weighted by atomic mass is 16.3. The van der Waals surface area contributed by atoms with Crippen molar-refractivity contribution in [2.24, 2.45) is 23.7 Å². The van der Waals surface area contributed by atoms with Gasteiger partial charge < -0.3 is 10.8 Å². The Labute approximate surface area is 143 Å². The van der Waals surface area contributed by atoms with Gasteiger partial charge in [-0.05, 0) is 73.0 Å². The maximum absolute atomic E-state index is 12.0. The van der Waals surface area contributed by atoms with Gasteiger partial charge in [-0.1, -0.05) is 42.5 Å². The maximum Gasteiger partial charge on any atom is 0.0958 e. The highest BCUT2D eigenvalue weighted by Gasteiger charge is 2.57. The topological polar surface area (TPSA) is 46.2 Å². The Morgan fingerprint density at radius 2 is 1.29 bits per heavy atom. The van der Waals surface area contributed by atoms with Crippen LogP contribution in [-0.4, -0.2) is 5.11 Å². The molecular weight excluding hydrogens is 294 g/mol. The van der Waals surface area contributed by atoms with Crippen molar-refractivity contribution in [1.82, 2.24) is 0 Å². The van der Waals surface area contributed by atoms with Crippen molar-refractivity contribution in [2.45, 2.75) is 37.7 Å². The van der Waals surface area contributed by atoms with E-state index in [1.807, 2.05) is 18.2 Å². The number of hydrogen-bond donors (Lipinski definition) is 2. The molecule has 4 fully saturated rings. The van der Waals surface area contributed by atoms with Gasteiger partial charge in [0.1, 0.15) is 0 Å². The van der Waals surface area contributed by atoms with E-state index in [0.29, 0.717) is 11.8 Å². The van der Waals surface area contributed by atoms with Crippen LogP contribution in [0, 0.1) is 23.7 Å². The molecule has 0 unspecified atom stereocenters. The Morgan fingerprint density at radius 3 is 1.92 bits per heavy atom. The van der Waals surface area contributed by atoms with Crippen LogP contribution in [0.1, 0.15) is 37.7 Å². The summed E-state index contributed by atoms with van der Waals surface area (Å²) in [7, 11) is 0. The molecule has 0 saturated heterocycles. The summed E-state index contributed by atoms with van der Waals surface area (Å²) in [6, 6.07) is 16.4. The lowest BCUT2D eigenvalue weighted by atomic mass is 9.48. The molecule has 0 aliphatic heterocycles. The minimum atomic E-state index is -0.674. The monoisotopic (exact) mass is 319 g/mol. The van der Waals surface area contributed by atoms with E-state index in [4.69, 9.17) is 5.73 Å². The molecule has 0 radical (unpaired) electrons. The predicted molar refractivity (Wildman–Crippen MR) is 97.2 cm³/mol. The SMILES string of the molecule is Nc1ccccc1-c1ccccc1C1(O)C2CC3CC(C2)CC1C3. The van der Waals surface area contributed by atoms with Crippen molar-refractivity contribution in [3.63, 3.8) is 0 Å². The lowest BCUT2D eigenvalue weighted by Crippen LogP contribution is -2.55. The largest absolute Gasteiger partial charge is 0.398 e. The molecule has 4 aliphatic carbocycles. The van der Waals surface area contributed by atoms with Crippen molar-refractivity contribution in [2.75, 3.05) is 5.73 Å². The molecule has 24 heavy (non-hydrogen) atoms. The molecule has 2 nitrogen and oxygen atoms in total. The number of para-hydroxylation sites is 1. The van der Waals surface area contributed by atoms with Crippen molar-refractivity contribution in [3.05, 3.63) is 54.1 Å². The fourth-order valence-corrected chi connectivity index (χ4v) is 6.15. The summed E-state index contributed by atoms with van der Waals surface area (Å²) in [5.74, 6) is 2.53. The zero-order valence-electron chi connectivity index (χ0n) is 14.0. The summed E-state index contributed by atoms with van der Waals surface area (Å²) >= 11 is 0. The molecule has 2 aromatic rings. The summed E-state index contributed by atoms with van der Waals surface area (Å²) < 4.78 is 0. The van der Waals surface area contributed by atoms with Gasteiger partial charge >= 0.3 is 0 Å². The molecule has 0 aromatic heterocycles. The molecule has 2 aromatic carbocycles. The molecule has 0 atom stereocenters. The number of rotatable bonds is 2. The summed E-state index contributed by atoms with van der Waals surface area (Å²) in [4.78, 5) is 0. The molecule has 124 valence electrons. The van der Waals surface area contributed by atoms with Crippen LogP contribution in [-0.2, 0) is 5.60 Å². The van der Waals surface area contributed by atoms with Crippen LogP contribution < -0.4 is 5.73 Å². The van der Waals surface area contributed by atoms with E-state index in [9.17, 15) is 5.11 Å². The Hall–Kier alpha value is -1.80. The Kier molecular flexibility index (Phi) is 3.09. The molecule has 6 rings (SSSR count). The van der Waals surface area contributed by atoms with Gasteiger partial charge in [-0.2, -0.15) is 0 Å². The van der Waals surface area contributed by atoms with Crippen molar-refractivity contribution in [1.29, 1.82) is 0 Å². The van der Waals surface area contributed by atoms with Crippen LogP contribution in [0.25, 0.3) is 11.1 Å². The summed E-state index contributed by atoms with van der Waals surface area (Å²) in [5.41, 5.74) is 9.65. The van der Waals surface area contributed by atoms with E-state index in [1.54, 1.807) is 0 Å². The Morgan fingerprint density at radius 1 is 0.750 bits per heavy atom. The normalized spacial score (nSPS) is 36.9. The van der Waals surface area contributed by atoms with Crippen LogP contribution in [0.15, 0.2) is 48.5 Å². The quantitative estimate of drug-likeness (QED) is 0.796. The van der Waals surface area contributed by atoms with E-state index in [2.05, 4.69) is 30.3 Å². The van der Waals surface area contributed by atoms with Crippen molar-refractivity contribution in [3.8, 4) is 11.1 Å². The van der Waals surface area contributed by atoms with Crippen LogP contribution >= 0.6 is 0 Å². The number of nitrogen functional groups attached to an aromatic ring is 1. The van der Waals surface area contributed by atoms with E-state index >= 15 is 0 Å². The first kappa shape index (κ1) is 14.5. The van der Waals surface area contributed by atoms with E-state index < -0.39 is 5.60 Å². The number of benzene rings is 2. The average Bonchev–Trinajstić information content (AvgIpc) is 2.59. The fourth-order valence-electron chi connectivity index (χ4n) is 6.15. The van der Waals surface area contributed by atoms with Gasteiger partial charge in [-0.25, -0.2) is 0 Å². The number of hydrogen-bond acceptors (Lipinski definition) is 2. The standard InChI is InChI=1S/C22H25NO/c23-21-8-4-2-6-19(21)18-5-1-3-7-20(18)22(24)16-10-14-9-15(12-16)13-17(22)11-14/h1-8,14-17,24H,9-13,23H2. The summed E-state index contributed by atoms with van der Waals surface area (Å²) in [6.45, 7) is 0. The lowest BCUT2D eigenvalue weighted by molar-refractivity contribution is -0.179. The van der Waals surface area contributed by atoms with Crippen molar-refractivity contribution < 1.29 is 5.11 Å². The molecule has 4 saturated carbocycles. The number of nitrogens with two attached hydrogens (primary N) is 1. The third-order valence-electron chi connectivity index (χ3n) is 6.99. The first-order valence-corrected chi connectivity index (χ1v) is 9.33. The Balaban J connectivity index is 1.67. The van der Waals surface area contributed by atoms with Gasteiger partial charge in [0, 0.05) is 11.3 Å². The van der Waals surface area contributed by atoms with Crippen LogP contribution in [0.4, 0.5) is 5.69 Å². The minimum Gasteiger partial charge on any atom is -0.398 e. The zero-order valence-corrected chi connectivity index (χ0v) is 14.0. The van der Waals surface area contributed by atoms with E-state index in [-0.39, 0.29) is 0 Å². The predicted octanol–water partition coefficient (Wildman–Crippen LogP) is 4.58. The van der Waals surface area contributed by atoms with Gasteiger partial charge in [-0.15, -0.1) is 0 Å². The third-order valence-corrected chi connectivity index (χ3v) is 6.99.